The largest absolute Gasteiger partial charge is 0.256 e. The number of benzene rings is 1. The van der Waals surface area contributed by atoms with Gasteiger partial charge in [-0.15, -0.1) is 0 Å². The summed E-state index contributed by atoms with van der Waals surface area (Å²) in [6.45, 7) is 6.49. The lowest BCUT2D eigenvalue weighted by atomic mass is 9.98. The summed E-state index contributed by atoms with van der Waals surface area (Å²) in [6.07, 6.45) is 2.94. The molecule has 18 heavy (non-hydrogen) atoms. The number of halogens is 1. The molecule has 1 nitrogen and oxygen atoms in total. The fourth-order valence-electron chi connectivity index (χ4n) is 2.00. The molecule has 0 amide bonds. The summed E-state index contributed by atoms with van der Waals surface area (Å²) < 4.78 is 12.9. The van der Waals surface area contributed by atoms with Gasteiger partial charge in [-0.1, -0.05) is 13.8 Å². The Hall–Kier alpha value is -1.70. The molecule has 0 bridgehead atoms. The highest BCUT2D eigenvalue weighted by molar-refractivity contribution is 5.60. The van der Waals surface area contributed by atoms with Crippen molar-refractivity contribution < 1.29 is 4.39 Å². The van der Waals surface area contributed by atoms with Crippen LogP contribution in [0.15, 0.2) is 36.5 Å². The molecule has 1 aromatic heterocycles. The van der Waals surface area contributed by atoms with Crippen molar-refractivity contribution in [1.82, 2.24) is 4.98 Å². The molecule has 0 radical (unpaired) electrons. The van der Waals surface area contributed by atoms with Crippen LogP contribution in [0.1, 0.15) is 25.0 Å². The molecule has 0 aliphatic heterocycles. The van der Waals surface area contributed by atoms with Gasteiger partial charge in [-0.2, -0.15) is 0 Å². The van der Waals surface area contributed by atoms with Gasteiger partial charge >= 0.3 is 0 Å². The van der Waals surface area contributed by atoms with E-state index in [0.29, 0.717) is 5.92 Å². The summed E-state index contributed by atoms with van der Waals surface area (Å²) in [5.74, 6) is 0.403. The number of nitrogens with zero attached hydrogens (tertiary/aromatic N) is 1. The van der Waals surface area contributed by atoms with Gasteiger partial charge in [0.2, 0.25) is 0 Å². The molecular weight excluding hydrogens is 225 g/mol. The van der Waals surface area contributed by atoms with E-state index >= 15 is 0 Å². The summed E-state index contributed by atoms with van der Waals surface area (Å²) >= 11 is 0. The van der Waals surface area contributed by atoms with Crippen LogP contribution in [0, 0.1) is 18.7 Å². The number of hydrogen-bond acceptors (Lipinski definition) is 1. The quantitative estimate of drug-likeness (QED) is 0.778. The molecule has 0 N–H and O–H groups in total. The van der Waals surface area contributed by atoms with Crippen LogP contribution in [-0.4, -0.2) is 4.98 Å². The summed E-state index contributed by atoms with van der Waals surface area (Å²) in [4.78, 5) is 4.42. The van der Waals surface area contributed by atoms with Gasteiger partial charge in [-0.05, 0) is 60.7 Å². The maximum Gasteiger partial charge on any atom is 0.123 e. The highest BCUT2D eigenvalue weighted by Crippen LogP contribution is 2.21. The van der Waals surface area contributed by atoms with Gasteiger partial charge in [0.1, 0.15) is 5.82 Å². The predicted octanol–water partition coefficient (Wildman–Crippen LogP) is 4.39. The van der Waals surface area contributed by atoms with Gasteiger partial charge in [0.05, 0.1) is 5.69 Å². The van der Waals surface area contributed by atoms with Crippen molar-refractivity contribution in [3.05, 3.63) is 53.5 Å². The highest BCUT2D eigenvalue weighted by Gasteiger charge is 2.06. The van der Waals surface area contributed by atoms with E-state index in [2.05, 4.69) is 31.8 Å². The second-order valence-corrected chi connectivity index (χ2v) is 5.10. The van der Waals surface area contributed by atoms with Gasteiger partial charge in [0, 0.05) is 11.8 Å². The number of hydrogen-bond donors (Lipinski definition) is 0. The summed E-state index contributed by atoms with van der Waals surface area (Å²) in [5.41, 5.74) is 4.41. The molecule has 0 spiro atoms. The number of pyridine rings is 1. The van der Waals surface area contributed by atoms with E-state index in [4.69, 9.17) is 0 Å². The van der Waals surface area contributed by atoms with E-state index in [1.807, 2.05) is 6.20 Å². The maximum atomic E-state index is 12.9. The van der Waals surface area contributed by atoms with Crippen LogP contribution in [-0.2, 0) is 6.42 Å². The van der Waals surface area contributed by atoms with Crippen LogP contribution >= 0.6 is 0 Å². The first-order chi connectivity index (χ1) is 8.56. The topological polar surface area (TPSA) is 12.9 Å². The third-order valence-corrected chi connectivity index (χ3v) is 2.98. The van der Waals surface area contributed by atoms with E-state index in [1.165, 1.54) is 23.3 Å². The average molecular weight is 243 g/mol. The Morgan fingerprint density at radius 2 is 1.83 bits per heavy atom. The van der Waals surface area contributed by atoms with Crippen molar-refractivity contribution in [3.8, 4) is 11.3 Å². The van der Waals surface area contributed by atoms with E-state index < -0.39 is 0 Å². The predicted molar refractivity (Wildman–Crippen MR) is 72.9 cm³/mol. The van der Waals surface area contributed by atoms with Crippen LogP contribution in [0.3, 0.4) is 0 Å². The lowest BCUT2D eigenvalue weighted by Gasteiger charge is -2.10. The Balaban J connectivity index is 2.37. The minimum Gasteiger partial charge on any atom is -0.256 e. The molecule has 0 saturated carbocycles. The molecule has 0 atom stereocenters. The van der Waals surface area contributed by atoms with E-state index in [0.717, 1.165) is 17.7 Å². The van der Waals surface area contributed by atoms with Gasteiger partial charge in [-0.3, -0.25) is 4.98 Å². The van der Waals surface area contributed by atoms with Crippen molar-refractivity contribution in [2.24, 2.45) is 5.92 Å². The molecule has 2 rings (SSSR count). The second-order valence-electron chi connectivity index (χ2n) is 5.10. The molecule has 2 aromatic rings. The molecular formula is C16H18FN. The lowest BCUT2D eigenvalue weighted by Crippen LogP contribution is -1.98. The molecule has 1 aromatic carbocycles. The molecule has 0 unspecified atom stereocenters. The van der Waals surface area contributed by atoms with Crippen molar-refractivity contribution >= 4 is 0 Å². The monoisotopic (exact) mass is 243 g/mol. The Labute approximate surface area is 108 Å². The van der Waals surface area contributed by atoms with Crippen molar-refractivity contribution in [3.63, 3.8) is 0 Å². The van der Waals surface area contributed by atoms with E-state index in [-0.39, 0.29) is 5.82 Å². The summed E-state index contributed by atoms with van der Waals surface area (Å²) in [6, 6.07) is 8.60. The standard InChI is InChI=1S/C16H18FN/c1-11(2)8-14-9-16(18-10-12(14)3)13-4-6-15(17)7-5-13/h4-7,9-11H,8H2,1-3H3. The third kappa shape index (κ3) is 2.95. The summed E-state index contributed by atoms with van der Waals surface area (Å²) in [7, 11) is 0. The third-order valence-electron chi connectivity index (χ3n) is 2.98. The van der Waals surface area contributed by atoms with Gasteiger partial charge in [0.15, 0.2) is 0 Å². The zero-order chi connectivity index (χ0) is 13.1. The smallest absolute Gasteiger partial charge is 0.123 e. The minimum absolute atomic E-state index is 0.215. The van der Waals surface area contributed by atoms with E-state index in [9.17, 15) is 4.39 Å². The molecule has 0 fully saturated rings. The Morgan fingerprint density at radius 1 is 1.17 bits per heavy atom. The maximum absolute atomic E-state index is 12.9. The van der Waals surface area contributed by atoms with E-state index in [1.54, 1.807) is 12.1 Å². The van der Waals surface area contributed by atoms with Crippen molar-refractivity contribution in [1.29, 1.82) is 0 Å². The molecule has 0 aliphatic rings. The SMILES string of the molecule is Cc1cnc(-c2ccc(F)cc2)cc1CC(C)C. The van der Waals surface area contributed by atoms with Gasteiger partial charge < -0.3 is 0 Å². The van der Waals surface area contributed by atoms with Crippen molar-refractivity contribution in [2.75, 3.05) is 0 Å². The first kappa shape index (κ1) is 12.7. The molecule has 1 heterocycles. The number of aromatic nitrogens is 1. The molecule has 0 saturated heterocycles. The molecule has 94 valence electrons. The van der Waals surface area contributed by atoms with Crippen LogP contribution in [0.5, 0.6) is 0 Å². The van der Waals surface area contributed by atoms with Crippen LogP contribution in [0.4, 0.5) is 4.39 Å². The number of rotatable bonds is 3. The fourth-order valence-corrected chi connectivity index (χ4v) is 2.00. The van der Waals surface area contributed by atoms with Gasteiger partial charge in [0.25, 0.3) is 0 Å². The van der Waals surface area contributed by atoms with Crippen LogP contribution < -0.4 is 0 Å². The average Bonchev–Trinajstić information content (AvgIpc) is 2.32. The Morgan fingerprint density at radius 3 is 2.44 bits per heavy atom. The lowest BCUT2D eigenvalue weighted by molar-refractivity contribution is 0.628. The summed E-state index contributed by atoms with van der Waals surface area (Å²) in [5, 5.41) is 0. The van der Waals surface area contributed by atoms with Gasteiger partial charge in [-0.25, -0.2) is 4.39 Å². The number of aryl methyl sites for hydroxylation is 1. The molecule has 0 aliphatic carbocycles. The zero-order valence-corrected chi connectivity index (χ0v) is 11.1. The zero-order valence-electron chi connectivity index (χ0n) is 11.1. The second kappa shape index (κ2) is 5.30. The minimum atomic E-state index is -0.215. The Bertz CT molecular complexity index is 529. The fraction of sp³-hybridized carbons (Fsp3) is 0.312. The Kier molecular flexibility index (Phi) is 3.75. The normalized spacial score (nSPS) is 10.9. The van der Waals surface area contributed by atoms with Crippen LogP contribution in [0.2, 0.25) is 0 Å². The first-order valence-electron chi connectivity index (χ1n) is 6.27. The first-order valence-corrected chi connectivity index (χ1v) is 6.27. The van der Waals surface area contributed by atoms with Crippen molar-refractivity contribution in [2.45, 2.75) is 27.2 Å². The van der Waals surface area contributed by atoms with Crippen LogP contribution in [0.25, 0.3) is 11.3 Å². The molecule has 2 heteroatoms. The highest BCUT2D eigenvalue weighted by atomic mass is 19.1.